The minimum absolute atomic E-state index is 0.0839. The van der Waals surface area contributed by atoms with Crippen LogP contribution in [0.2, 0.25) is 0 Å². The normalized spacial score (nSPS) is 16.1. The van der Waals surface area contributed by atoms with E-state index in [0.717, 1.165) is 35.9 Å². The molecule has 0 radical (unpaired) electrons. The molecule has 4 rings (SSSR count). The molecule has 1 amide bonds. The van der Waals surface area contributed by atoms with Gasteiger partial charge in [0.25, 0.3) is 0 Å². The lowest BCUT2D eigenvalue weighted by Gasteiger charge is -2.20. The molecular formula is C20H27N5O3S. The van der Waals surface area contributed by atoms with Gasteiger partial charge in [-0.05, 0) is 30.0 Å². The summed E-state index contributed by atoms with van der Waals surface area (Å²) in [6.07, 6.45) is 8.60. The SMILES string of the molecule is Nn1c(CCC2CCCCC2)nnc1SCC(=O)NCc1ccc2c(c1)OCO2. The van der Waals surface area contributed by atoms with Gasteiger partial charge in [-0.15, -0.1) is 10.2 Å². The van der Waals surface area contributed by atoms with Crippen LogP contribution < -0.4 is 20.6 Å². The summed E-state index contributed by atoms with van der Waals surface area (Å²) in [5, 5.41) is 11.8. The Morgan fingerprint density at radius 3 is 2.90 bits per heavy atom. The third kappa shape index (κ3) is 5.14. The summed E-state index contributed by atoms with van der Waals surface area (Å²) in [5.41, 5.74) is 0.958. The number of aryl methyl sites for hydroxylation is 1. The van der Waals surface area contributed by atoms with Crippen molar-refractivity contribution in [3.63, 3.8) is 0 Å². The third-order valence-corrected chi connectivity index (χ3v) is 6.44. The first kappa shape index (κ1) is 19.9. The molecule has 0 saturated heterocycles. The van der Waals surface area contributed by atoms with Crippen LogP contribution in [0, 0.1) is 5.92 Å². The number of nitrogen functional groups attached to an aromatic ring is 1. The summed E-state index contributed by atoms with van der Waals surface area (Å²) in [6, 6.07) is 5.64. The van der Waals surface area contributed by atoms with Gasteiger partial charge in [-0.1, -0.05) is 49.9 Å². The summed E-state index contributed by atoms with van der Waals surface area (Å²) in [7, 11) is 0. The number of nitrogens with zero attached hydrogens (tertiary/aromatic N) is 3. The number of thioether (sulfide) groups is 1. The zero-order valence-electron chi connectivity index (χ0n) is 16.4. The second-order valence-corrected chi connectivity index (χ2v) is 8.51. The van der Waals surface area contributed by atoms with Gasteiger partial charge in [-0.3, -0.25) is 4.79 Å². The molecule has 1 aliphatic carbocycles. The number of ether oxygens (including phenoxy) is 2. The molecule has 1 aliphatic heterocycles. The maximum atomic E-state index is 12.2. The number of amides is 1. The molecule has 1 aromatic heterocycles. The Bertz CT molecular complexity index is 851. The van der Waals surface area contributed by atoms with E-state index in [1.165, 1.54) is 48.5 Å². The number of nitrogens with one attached hydrogen (secondary N) is 1. The summed E-state index contributed by atoms with van der Waals surface area (Å²) in [4.78, 5) is 12.2. The van der Waals surface area contributed by atoms with E-state index in [-0.39, 0.29) is 18.5 Å². The van der Waals surface area contributed by atoms with E-state index < -0.39 is 0 Å². The van der Waals surface area contributed by atoms with Crippen LogP contribution in [0.1, 0.15) is 49.9 Å². The smallest absolute Gasteiger partial charge is 0.231 e. The van der Waals surface area contributed by atoms with Crippen LogP contribution in [0.5, 0.6) is 11.5 Å². The highest BCUT2D eigenvalue weighted by Gasteiger charge is 2.17. The minimum atomic E-state index is -0.0839. The zero-order valence-corrected chi connectivity index (χ0v) is 17.2. The van der Waals surface area contributed by atoms with Gasteiger partial charge in [-0.2, -0.15) is 0 Å². The van der Waals surface area contributed by atoms with Crippen LogP contribution in [0.25, 0.3) is 0 Å². The highest BCUT2D eigenvalue weighted by Crippen LogP contribution is 2.32. The number of aromatic nitrogens is 3. The third-order valence-electron chi connectivity index (χ3n) is 5.50. The lowest BCUT2D eigenvalue weighted by molar-refractivity contribution is -0.118. The second kappa shape index (κ2) is 9.39. The van der Waals surface area contributed by atoms with Gasteiger partial charge in [0.15, 0.2) is 17.3 Å². The van der Waals surface area contributed by atoms with E-state index in [0.29, 0.717) is 17.5 Å². The van der Waals surface area contributed by atoms with E-state index in [1.807, 2.05) is 18.2 Å². The summed E-state index contributed by atoms with van der Waals surface area (Å²) in [6.45, 7) is 0.669. The molecule has 2 aliphatic rings. The first-order valence-electron chi connectivity index (χ1n) is 10.2. The summed E-state index contributed by atoms with van der Waals surface area (Å²) < 4.78 is 12.2. The molecule has 1 fully saturated rings. The van der Waals surface area contributed by atoms with Crippen LogP contribution in [0.15, 0.2) is 23.4 Å². The number of benzene rings is 1. The van der Waals surface area contributed by atoms with Crippen molar-refractivity contribution in [3.8, 4) is 11.5 Å². The molecule has 0 bridgehead atoms. The van der Waals surface area contributed by atoms with Gasteiger partial charge in [-0.25, -0.2) is 4.68 Å². The molecule has 0 atom stereocenters. The predicted octanol–water partition coefficient (Wildman–Crippen LogP) is 2.64. The topological polar surface area (TPSA) is 104 Å². The maximum Gasteiger partial charge on any atom is 0.231 e. The average molecular weight is 418 g/mol. The number of carbonyl (C=O) groups is 1. The molecule has 2 heterocycles. The number of hydrogen-bond acceptors (Lipinski definition) is 7. The molecule has 3 N–H and O–H groups in total. The highest BCUT2D eigenvalue weighted by molar-refractivity contribution is 7.99. The van der Waals surface area contributed by atoms with E-state index in [1.54, 1.807) is 0 Å². The molecule has 29 heavy (non-hydrogen) atoms. The van der Waals surface area contributed by atoms with Crippen molar-refractivity contribution < 1.29 is 14.3 Å². The van der Waals surface area contributed by atoms with Crippen molar-refractivity contribution in [1.82, 2.24) is 20.2 Å². The number of rotatable bonds is 8. The first-order valence-corrected chi connectivity index (χ1v) is 11.1. The molecule has 1 aromatic carbocycles. The lowest BCUT2D eigenvalue weighted by Crippen LogP contribution is -2.25. The van der Waals surface area contributed by atoms with Gasteiger partial charge < -0.3 is 20.6 Å². The first-order chi connectivity index (χ1) is 14.2. The lowest BCUT2D eigenvalue weighted by atomic mass is 9.86. The Morgan fingerprint density at radius 2 is 2.03 bits per heavy atom. The van der Waals surface area contributed by atoms with Crippen molar-refractivity contribution in [3.05, 3.63) is 29.6 Å². The van der Waals surface area contributed by atoms with E-state index in [9.17, 15) is 4.79 Å². The standard InChI is InChI=1S/C20H27N5O3S/c21-25-18(9-7-14-4-2-1-3-5-14)23-24-20(25)29-12-19(26)22-11-15-6-8-16-17(10-15)28-13-27-16/h6,8,10,14H,1-5,7,9,11-13,21H2,(H,22,26). The van der Waals surface area contributed by atoms with Crippen LogP contribution in [0.3, 0.4) is 0 Å². The van der Waals surface area contributed by atoms with Gasteiger partial charge >= 0.3 is 0 Å². The summed E-state index contributed by atoms with van der Waals surface area (Å²) >= 11 is 1.30. The Balaban J connectivity index is 1.21. The van der Waals surface area contributed by atoms with Gasteiger partial charge in [0.2, 0.25) is 17.9 Å². The monoisotopic (exact) mass is 417 g/mol. The minimum Gasteiger partial charge on any atom is -0.454 e. The van der Waals surface area contributed by atoms with Crippen LogP contribution in [0.4, 0.5) is 0 Å². The van der Waals surface area contributed by atoms with Gasteiger partial charge in [0.1, 0.15) is 0 Å². The fourth-order valence-corrected chi connectivity index (χ4v) is 4.52. The van der Waals surface area contributed by atoms with E-state index >= 15 is 0 Å². The van der Waals surface area contributed by atoms with E-state index in [4.69, 9.17) is 15.3 Å². The van der Waals surface area contributed by atoms with Crippen molar-refractivity contribution in [1.29, 1.82) is 0 Å². The van der Waals surface area contributed by atoms with Crippen molar-refractivity contribution >= 4 is 17.7 Å². The molecule has 156 valence electrons. The Morgan fingerprint density at radius 1 is 1.21 bits per heavy atom. The Hall–Kier alpha value is -2.42. The molecular weight excluding hydrogens is 390 g/mol. The van der Waals surface area contributed by atoms with Crippen molar-refractivity contribution in [2.45, 2.75) is 56.6 Å². The average Bonchev–Trinajstić information content (AvgIpc) is 3.36. The molecule has 2 aromatic rings. The van der Waals surface area contributed by atoms with Gasteiger partial charge in [0.05, 0.1) is 5.75 Å². The molecule has 0 spiro atoms. The number of nitrogens with two attached hydrogens (primary N) is 1. The molecule has 9 heteroatoms. The number of carbonyl (C=O) groups excluding carboxylic acids is 1. The largest absolute Gasteiger partial charge is 0.454 e. The van der Waals surface area contributed by atoms with Gasteiger partial charge in [0, 0.05) is 13.0 Å². The fraction of sp³-hybridized carbons (Fsp3) is 0.550. The molecule has 0 unspecified atom stereocenters. The number of fused-ring (bicyclic) bond motifs is 1. The zero-order chi connectivity index (χ0) is 20.1. The highest BCUT2D eigenvalue weighted by atomic mass is 32.2. The predicted molar refractivity (Wildman–Crippen MR) is 110 cm³/mol. The van der Waals surface area contributed by atoms with Crippen molar-refractivity contribution in [2.24, 2.45) is 5.92 Å². The maximum absolute atomic E-state index is 12.2. The van der Waals surface area contributed by atoms with E-state index in [2.05, 4.69) is 15.5 Å². The summed E-state index contributed by atoms with van der Waals surface area (Å²) in [5.74, 6) is 9.30. The van der Waals surface area contributed by atoms with Crippen molar-refractivity contribution in [2.75, 3.05) is 18.4 Å². The quantitative estimate of drug-likeness (QED) is 0.502. The fourth-order valence-electron chi connectivity index (χ4n) is 3.82. The number of hydrogen-bond donors (Lipinski definition) is 2. The van der Waals surface area contributed by atoms with Crippen LogP contribution in [-0.2, 0) is 17.8 Å². The Labute approximate surface area is 174 Å². The molecule has 1 saturated carbocycles. The molecule has 8 nitrogen and oxygen atoms in total. The van der Waals surface area contributed by atoms with Crippen LogP contribution >= 0.6 is 11.8 Å². The Kier molecular flexibility index (Phi) is 6.43. The van der Waals surface area contributed by atoms with Crippen LogP contribution in [-0.4, -0.2) is 33.3 Å². The second-order valence-electron chi connectivity index (χ2n) is 7.56.